The first-order valence-electron chi connectivity index (χ1n) is 6.74. The van der Waals surface area contributed by atoms with Crippen molar-refractivity contribution in [2.24, 2.45) is 5.16 Å². The monoisotopic (exact) mass is 311 g/mol. The van der Waals surface area contributed by atoms with Crippen LogP contribution in [0.2, 0.25) is 0 Å². The van der Waals surface area contributed by atoms with Crippen molar-refractivity contribution >= 4 is 33.9 Å². The zero-order valence-corrected chi connectivity index (χ0v) is 12.5. The number of nitrogens with zero attached hydrogens (tertiary/aromatic N) is 2. The van der Waals surface area contributed by atoms with Crippen molar-refractivity contribution in [3.8, 4) is 0 Å². The molecule has 0 aromatic carbocycles. The van der Waals surface area contributed by atoms with Crippen LogP contribution in [0.1, 0.15) is 38.3 Å². The van der Waals surface area contributed by atoms with Crippen LogP contribution in [0, 0.1) is 0 Å². The highest BCUT2D eigenvalue weighted by molar-refractivity contribution is 7.13. The summed E-state index contributed by atoms with van der Waals surface area (Å²) < 4.78 is 4.94. The minimum atomic E-state index is -0.602. The summed E-state index contributed by atoms with van der Waals surface area (Å²) in [7, 11) is 0. The maximum absolute atomic E-state index is 11.9. The Kier molecular flexibility index (Phi) is 5.26. The summed E-state index contributed by atoms with van der Waals surface area (Å²) >= 11 is 1.21. The van der Waals surface area contributed by atoms with Crippen LogP contribution in [0.25, 0.3) is 0 Å². The lowest BCUT2D eigenvalue weighted by Gasteiger charge is -2.18. The van der Waals surface area contributed by atoms with Gasteiger partial charge in [0.15, 0.2) is 5.13 Å². The van der Waals surface area contributed by atoms with Gasteiger partial charge in [0.25, 0.3) is 0 Å². The van der Waals surface area contributed by atoms with Crippen LogP contribution in [-0.2, 0) is 19.2 Å². The Hall–Kier alpha value is -1.96. The van der Waals surface area contributed by atoms with Crippen LogP contribution in [0.3, 0.4) is 0 Å². The number of esters is 1. The number of nitrogen functional groups attached to an aromatic ring is 1. The standard InChI is InChI=1S/C13H17N3O4S/c1-2-19-12(18)11(10-7-21-13(14)15-10)16-20-9-5-3-8(17)4-6-9/h7,9H,2-6H2,1H3,(H2,14,15). The number of rotatable bonds is 5. The smallest absolute Gasteiger partial charge is 0.362 e. The number of anilines is 1. The summed E-state index contributed by atoms with van der Waals surface area (Å²) in [4.78, 5) is 32.5. The molecule has 1 fully saturated rings. The molecule has 2 rings (SSSR count). The van der Waals surface area contributed by atoms with E-state index >= 15 is 0 Å². The molecule has 0 radical (unpaired) electrons. The van der Waals surface area contributed by atoms with Crippen LogP contribution in [0.4, 0.5) is 5.13 Å². The second kappa shape index (κ2) is 7.16. The minimum Gasteiger partial charge on any atom is -0.461 e. The first-order chi connectivity index (χ1) is 10.1. The lowest BCUT2D eigenvalue weighted by molar-refractivity contribution is -0.135. The number of thiazole rings is 1. The number of hydrogen-bond donors (Lipinski definition) is 1. The van der Waals surface area contributed by atoms with E-state index in [-0.39, 0.29) is 24.2 Å². The molecule has 1 aliphatic carbocycles. The van der Waals surface area contributed by atoms with Gasteiger partial charge in [0.1, 0.15) is 17.6 Å². The second-order valence-electron chi connectivity index (χ2n) is 4.57. The van der Waals surface area contributed by atoms with E-state index in [0.717, 1.165) is 0 Å². The fraction of sp³-hybridized carbons (Fsp3) is 0.538. The molecule has 0 atom stereocenters. The number of hydrogen-bond acceptors (Lipinski definition) is 8. The van der Waals surface area contributed by atoms with Gasteiger partial charge in [-0.3, -0.25) is 4.79 Å². The Morgan fingerprint density at radius 3 is 2.81 bits per heavy atom. The number of aromatic nitrogens is 1. The van der Waals surface area contributed by atoms with Crippen LogP contribution in [-0.4, -0.2) is 35.2 Å². The van der Waals surface area contributed by atoms with E-state index in [9.17, 15) is 9.59 Å². The number of carbonyl (C=O) groups is 2. The molecule has 1 heterocycles. The highest BCUT2D eigenvalue weighted by atomic mass is 32.1. The largest absolute Gasteiger partial charge is 0.461 e. The van der Waals surface area contributed by atoms with E-state index in [0.29, 0.717) is 36.5 Å². The van der Waals surface area contributed by atoms with Gasteiger partial charge >= 0.3 is 5.97 Å². The number of ketones is 1. The molecule has 114 valence electrons. The molecule has 0 bridgehead atoms. The van der Waals surface area contributed by atoms with Crippen molar-refractivity contribution in [3.63, 3.8) is 0 Å². The van der Waals surface area contributed by atoms with E-state index in [4.69, 9.17) is 15.3 Å². The predicted octanol–water partition coefficient (Wildman–Crippen LogP) is 1.52. The third-order valence-corrected chi connectivity index (χ3v) is 3.69. The molecule has 0 spiro atoms. The molecular weight excluding hydrogens is 294 g/mol. The summed E-state index contributed by atoms with van der Waals surface area (Å²) in [6.45, 7) is 1.94. The molecule has 0 saturated heterocycles. The van der Waals surface area contributed by atoms with Crippen molar-refractivity contribution in [2.75, 3.05) is 12.3 Å². The Labute approximate surface area is 126 Å². The highest BCUT2D eigenvalue weighted by Gasteiger charge is 2.23. The van der Waals surface area contributed by atoms with Crippen LogP contribution in [0.5, 0.6) is 0 Å². The molecule has 0 amide bonds. The Morgan fingerprint density at radius 2 is 2.24 bits per heavy atom. The SMILES string of the molecule is CCOC(=O)C(=NOC1CCC(=O)CC1)c1csc(N)n1. The van der Waals surface area contributed by atoms with E-state index < -0.39 is 5.97 Å². The number of carbonyl (C=O) groups excluding carboxylic acids is 2. The molecule has 8 heteroatoms. The van der Waals surface area contributed by atoms with Crippen molar-refractivity contribution in [3.05, 3.63) is 11.1 Å². The molecule has 1 aliphatic rings. The third-order valence-electron chi connectivity index (χ3n) is 3.02. The number of oxime groups is 1. The number of ether oxygens (including phenoxy) is 1. The first-order valence-corrected chi connectivity index (χ1v) is 7.62. The van der Waals surface area contributed by atoms with Crippen LogP contribution < -0.4 is 5.73 Å². The topological polar surface area (TPSA) is 104 Å². The molecule has 0 aliphatic heterocycles. The maximum atomic E-state index is 11.9. The normalized spacial score (nSPS) is 16.8. The summed E-state index contributed by atoms with van der Waals surface area (Å²) in [5.41, 5.74) is 5.90. The van der Waals surface area contributed by atoms with E-state index in [1.807, 2.05) is 0 Å². The van der Waals surface area contributed by atoms with Gasteiger partial charge in [0.2, 0.25) is 5.71 Å². The summed E-state index contributed by atoms with van der Waals surface area (Å²) in [5, 5.41) is 5.86. The van der Waals surface area contributed by atoms with Gasteiger partial charge in [-0.2, -0.15) is 0 Å². The Bertz CT molecular complexity index is 545. The van der Waals surface area contributed by atoms with Crippen LogP contribution >= 0.6 is 11.3 Å². The number of nitrogens with two attached hydrogens (primary N) is 1. The molecule has 1 saturated carbocycles. The summed E-state index contributed by atoms with van der Waals surface area (Å²) in [6, 6.07) is 0. The average molecular weight is 311 g/mol. The van der Waals surface area contributed by atoms with E-state index in [1.54, 1.807) is 12.3 Å². The van der Waals surface area contributed by atoms with Crippen molar-refractivity contribution in [1.82, 2.24) is 4.98 Å². The lowest BCUT2D eigenvalue weighted by Crippen LogP contribution is -2.23. The van der Waals surface area contributed by atoms with Crippen LogP contribution in [0.15, 0.2) is 10.5 Å². The van der Waals surface area contributed by atoms with Gasteiger partial charge < -0.3 is 15.3 Å². The maximum Gasteiger partial charge on any atom is 0.362 e. The van der Waals surface area contributed by atoms with Crippen molar-refractivity contribution < 1.29 is 19.2 Å². The van der Waals surface area contributed by atoms with Gasteiger partial charge in [-0.25, -0.2) is 9.78 Å². The molecule has 2 N–H and O–H groups in total. The van der Waals surface area contributed by atoms with Crippen molar-refractivity contribution in [2.45, 2.75) is 38.7 Å². The van der Waals surface area contributed by atoms with E-state index in [1.165, 1.54) is 11.3 Å². The minimum absolute atomic E-state index is 0.00157. The lowest BCUT2D eigenvalue weighted by atomic mass is 9.97. The number of Topliss-reactive ketones (excluding diaryl/α,β-unsaturated/α-hetero) is 1. The Morgan fingerprint density at radius 1 is 1.52 bits per heavy atom. The first kappa shape index (κ1) is 15.4. The summed E-state index contributed by atoms with van der Waals surface area (Å²) in [6.07, 6.45) is 2.02. The molecule has 1 aromatic rings. The van der Waals surface area contributed by atoms with E-state index in [2.05, 4.69) is 10.1 Å². The quantitative estimate of drug-likeness (QED) is 0.502. The molecular formula is C13H17N3O4S. The summed E-state index contributed by atoms with van der Waals surface area (Å²) in [5.74, 6) is -0.369. The third kappa shape index (κ3) is 4.25. The fourth-order valence-corrected chi connectivity index (χ4v) is 2.48. The fourth-order valence-electron chi connectivity index (χ4n) is 1.93. The van der Waals surface area contributed by atoms with Gasteiger partial charge in [0, 0.05) is 18.2 Å². The van der Waals surface area contributed by atoms with Gasteiger partial charge in [-0.15, -0.1) is 11.3 Å². The zero-order chi connectivity index (χ0) is 15.2. The average Bonchev–Trinajstić information content (AvgIpc) is 2.88. The molecule has 1 aromatic heterocycles. The van der Waals surface area contributed by atoms with Gasteiger partial charge in [-0.1, -0.05) is 5.16 Å². The molecule has 7 nitrogen and oxygen atoms in total. The van der Waals surface area contributed by atoms with Gasteiger partial charge in [0.05, 0.1) is 6.61 Å². The predicted molar refractivity (Wildman–Crippen MR) is 78.0 cm³/mol. The zero-order valence-electron chi connectivity index (χ0n) is 11.7. The molecule has 21 heavy (non-hydrogen) atoms. The second-order valence-corrected chi connectivity index (χ2v) is 5.46. The highest BCUT2D eigenvalue weighted by Crippen LogP contribution is 2.19. The van der Waals surface area contributed by atoms with Gasteiger partial charge in [-0.05, 0) is 19.8 Å². The van der Waals surface area contributed by atoms with Crippen molar-refractivity contribution in [1.29, 1.82) is 0 Å². The molecule has 0 unspecified atom stereocenters. The Balaban J connectivity index is 2.09.